The van der Waals surface area contributed by atoms with Gasteiger partial charge in [-0.05, 0) is 51.1 Å². The van der Waals surface area contributed by atoms with E-state index in [0.717, 1.165) is 25.8 Å². The zero-order chi connectivity index (χ0) is 20.2. The van der Waals surface area contributed by atoms with Crippen molar-refractivity contribution in [1.29, 1.82) is 0 Å². The van der Waals surface area contributed by atoms with Crippen molar-refractivity contribution in [3.05, 3.63) is 35.9 Å². The van der Waals surface area contributed by atoms with Gasteiger partial charge in [-0.25, -0.2) is 0 Å². The molecule has 0 aromatic heterocycles. The minimum Gasteiger partial charge on any atom is -0.333 e. The Morgan fingerprint density at radius 3 is 2.62 bits per heavy atom. The highest BCUT2D eigenvalue weighted by atomic mass is 16.2. The van der Waals surface area contributed by atoms with Crippen molar-refractivity contribution >= 4 is 11.8 Å². The molecular weight excluding hydrogens is 362 g/mol. The lowest BCUT2D eigenvalue weighted by Gasteiger charge is -2.53. The second kappa shape index (κ2) is 7.12. The summed E-state index contributed by atoms with van der Waals surface area (Å²) in [6, 6.07) is 12.0. The molecule has 29 heavy (non-hydrogen) atoms. The first-order chi connectivity index (χ1) is 14.0. The number of benzene rings is 1. The van der Waals surface area contributed by atoms with Gasteiger partial charge in [0, 0.05) is 36.5 Å². The van der Waals surface area contributed by atoms with E-state index < -0.39 is 0 Å². The molecule has 3 aliphatic heterocycles. The molecule has 0 spiro atoms. The van der Waals surface area contributed by atoms with Gasteiger partial charge in [0.05, 0.1) is 12.6 Å². The van der Waals surface area contributed by atoms with Crippen LogP contribution in [-0.2, 0) is 16.0 Å². The first-order valence-electron chi connectivity index (χ1n) is 11.3. The summed E-state index contributed by atoms with van der Waals surface area (Å²) < 4.78 is 0. The number of carbonyl (C=O) groups excluding carboxylic acids is 2. The molecule has 5 rings (SSSR count). The third-order valence-corrected chi connectivity index (χ3v) is 8.35. The molecule has 2 bridgehead atoms. The topological polar surface area (TPSA) is 43.9 Å². The van der Waals surface area contributed by atoms with Gasteiger partial charge in [-0.1, -0.05) is 37.3 Å². The Morgan fingerprint density at radius 1 is 1.14 bits per heavy atom. The van der Waals surface area contributed by atoms with Crippen LogP contribution in [-0.4, -0.2) is 70.8 Å². The number of rotatable bonds is 4. The highest BCUT2D eigenvalue weighted by molar-refractivity contribution is 5.86. The van der Waals surface area contributed by atoms with E-state index in [2.05, 4.69) is 54.1 Å². The number of carbonyl (C=O) groups is 2. The maximum Gasteiger partial charge on any atom is 0.242 e. The fourth-order valence-electron chi connectivity index (χ4n) is 7.00. The van der Waals surface area contributed by atoms with Crippen LogP contribution < -0.4 is 0 Å². The zero-order valence-electron chi connectivity index (χ0n) is 17.7. The lowest BCUT2D eigenvalue weighted by Crippen LogP contribution is -2.64. The van der Waals surface area contributed by atoms with Crippen LogP contribution in [0.3, 0.4) is 0 Å². The minimum atomic E-state index is 0.141. The summed E-state index contributed by atoms with van der Waals surface area (Å²) in [7, 11) is 2.28. The molecule has 1 saturated carbocycles. The molecule has 0 unspecified atom stereocenters. The van der Waals surface area contributed by atoms with E-state index >= 15 is 0 Å². The molecule has 5 heteroatoms. The zero-order valence-corrected chi connectivity index (χ0v) is 17.7. The van der Waals surface area contributed by atoms with Crippen molar-refractivity contribution in [3.63, 3.8) is 0 Å². The van der Waals surface area contributed by atoms with Crippen LogP contribution in [0.4, 0.5) is 0 Å². The van der Waals surface area contributed by atoms with E-state index in [1.807, 2.05) is 0 Å². The van der Waals surface area contributed by atoms with E-state index in [0.29, 0.717) is 24.5 Å². The quantitative estimate of drug-likeness (QED) is 0.787. The Morgan fingerprint density at radius 2 is 1.90 bits per heavy atom. The highest BCUT2D eigenvalue weighted by Gasteiger charge is 2.62. The monoisotopic (exact) mass is 395 g/mol. The van der Waals surface area contributed by atoms with Crippen molar-refractivity contribution in [2.24, 2.45) is 5.41 Å². The molecule has 5 atom stereocenters. The average Bonchev–Trinajstić information content (AvgIpc) is 3.23. The standard InChI is InChI=1S/C24H33N3O2/c1-24-15-19-18(14-17-8-4-3-5-9-17)27(21(24)11-6-10-20(24)25(19)2)23(29)16-26-13-7-12-22(26)28/h3-5,8-9,18-21H,6-7,10-16H2,1-2H3/t18-,19-,20-,21+,24-/m0/s1. The number of hydrogen-bond donors (Lipinski definition) is 0. The maximum absolute atomic E-state index is 13.7. The van der Waals surface area contributed by atoms with Crippen molar-refractivity contribution in [2.45, 2.75) is 76.0 Å². The Labute approximate surface area is 174 Å². The third-order valence-electron chi connectivity index (χ3n) is 8.35. The SMILES string of the molecule is CN1[C@H]2CCC[C@H]3N(C(=O)CN4CCCC4=O)[C@@H](Cc4ccccc4)[C@@H]1C[C@@]23C. The van der Waals surface area contributed by atoms with Crippen LogP contribution >= 0.6 is 0 Å². The lowest BCUT2D eigenvalue weighted by atomic mass is 9.64. The number of nitrogens with zero attached hydrogens (tertiary/aromatic N) is 3. The van der Waals surface area contributed by atoms with E-state index in [9.17, 15) is 9.59 Å². The first-order valence-corrected chi connectivity index (χ1v) is 11.3. The number of fused-ring (bicyclic) bond motifs is 1. The molecule has 4 fully saturated rings. The molecular formula is C24H33N3O2. The van der Waals surface area contributed by atoms with Crippen molar-refractivity contribution in [3.8, 4) is 0 Å². The Balaban J connectivity index is 1.49. The average molecular weight is 396 g/mol. The molecule has 3 heterocycles. The molecule has 5 nitrogen and oxygen atoms in total. The largest absolute Gasteiger partial charge is 0.333 e. The normalized spacial score (nSPS) is 36.7. The molecule has 4 aliphatic rings. The van der Waals surface area contributed by atoms with Crippen molar-refractivity contribution in [2.75, 3.05) is 20.1 Å². The summed E-state index contributed by atoms with van der Waals surface area (Å²) in [5.74, 6) is 0.306. The predicted molar refractivity (Wildman–Crippen MR) is 112 cm³/mol. The molecule has 3 saturated heterocycles. The molecule has 2 amide bonds. The number of piperidine rings is 1. The van der Waals surface area contributed by atoms with Gasteiger partial charge < -0.3 is 9.80 Å². The van der Waals surface area contributed by atoms with Crippen LogP contribution in [0.25, 0.3) is 0 Å². The third kappa shape index (κ3) is 3.00. The van der Waals surface area contributed by atoms with Crippen LogP contribution in [0.5, 0.6) is 0 Å². The van der Waals surface area contributed by atoms with Crippen LogP contribution in [0, 0.1) is 5.41 Å². The van der Waals surface area contributed by atoms with Gasteiger partial charge in [0.15, 0.2) is 0 Å². The first kappa shape index (κ1) is 19.1. The maximum atomic E-state index is 13.7. The summed E-state index contributed by atoms with van der Waals surface area (Å²) in [5.41, 5.74) is 1.47. The highest BCUT2D eigenvalue weighted by Crippen LogP contribution is 2.55. The molecule has 1 aliphatic carbocycles. The Hall–Kier alpha value is -1.88. The summed E-state index contributed by atoms with van der Waals surface area (Å²) in [4.78, 5) is 32.5. The molecule has 156 valence electrons. The fourth-order valence-corrected chi connectivity index (χ4v) is 7.00. The van der Waals surface area contributed by atoms with Gasteiger partial charge in [0.1, 0.15) is 0 Å². The van der Waals surface area contributed by atoms with Gasteiger partial charge in [-0.3, -0.25) is 14.5 Å². The van der Waals surface area contributed by atoms with E-state index in [-0.39, 0.29) is 29.8 Å². The van der Waals surface area contributed by atoms with E-state index in [1.165, 1.54) is 24.8 Å². The van der Waals surface area contributed by atoms with E-state index in [4.69, 9.17) is 0 Å². The van der Waals surface area contributed by atoms with Crippen molar-refractivity contribution in [1.82, 2.24) is 14.7 Å². The van der Waals surface area contributed by atoms with Gasteiger partial charge in [-0.2, -0.15) is 0 Å². The minimum absolute atomic E-state index is 0.141. The van der Waals surface area contributed by atoms with Gasteiger partial charge in [0.25, 0.3) is 0 Å². The number of hydrogen-bond acceptors (Lipinski definition) is 3. The number of likely N-dealkylation sites (tertiary alicyclic amines) is 3. The summed E-state index contributed by atoms with van der Waals surface area (Å²) in [6.45, 7) is 3.41. The molecule has 1 aromatic carbocycles. The fraction of sp³-hybridized carbons (Fsp3) is 0.667. The second-order valence-electron chi connectivity index (χ2n) is 9.88. The van der Waals surface area contributed by atoms with Crippen LogP contribution in [0.2, 0.25) is 0 Å². The summed E-state index contributed by atoms with van der Waals surface area (Å²) >= 11 is 0. The van der Waals surface area contributed by atoms with Crippen molar-refractivity contribution < 1.29 is 9.59 Å². The Bertz CT molecular complexity index is 797. The number of amides is 2. The Kier molecular flexibility index (Phi) is 4.69. The van der Waals surface area contributed by atoms with Gasteiger partial charge >= 0.3 is 0 Å². The van der Waals surface area contributed by atoms with E-state index in [1.54, 1.807) is 4.90 Å². The lowest BCUT2D eigenvalue weighted by molar-refractivity contribution is -0.148. The summed E-state index contributed by atoms with van der Waals surface area (Å²) in [6.07, 6.45) is 7.08. The van der Waals surface area contributed by atoms with Crippen LogP contribution in [0.1, 0.15) is 51.0 Å². The van der Waals surface area contributed by atoms with Gasteiger partial charge in [-0.15, -0.1) is 0 Å². The summed E-state index contributed by atoms with van der Waals surface area (Å²) in [5, 5.41) is 0. The second-order valence-corrected chi connectivity index (χ2v) is 9.88. The van der Waals surface area contributed by atoms with Gasteiger partial charge in [0.2, 0.25) is 11.8 Å². The predicted octanol–water partition coefficient (Wildman–Crippen LogP) is 2.69. The molecule has 1 aromatic rings. The van der Waals surface area contributed by atoms with Crippen LogP contribution in [0.15, 0.2) is 30.3 Å². The smallest absolute Gasteiger partial charge is 0.242 e. The molecule has 0 radical (unpaired) electrons. The molecule has 0 N–H and O–H groups in total. The number of likely N-dealkylation sites (N-methyl/N-ethyl adjacent to an activating group) is 1.